The minimum Gasteiger partial charge on any atom is -0.384 e. The number of nitrogens with one attached hydrogen (secondary N) is 1. The number of pyridine rings is 1. The van der Waals surface area contributed by atoms with E-state index >= 15 is 0 Å². The van der Waals surface area contributed by atoms with Gasteiger partial charge in [-0.2, -0.15) is 10.3 Å². The summed E-state index contributed by atoms with van der Waals surface area (Å²) in [6.45, 7) is 0. The molecule has 0 radical (unpaired) electrons. The Bertz CT molecular complexity index is 1120. The lowest BCUT2D eigenvalue weighted by Gasteiger charge is -2.20. The Hall–Kier alpha value is -3.21. The molecule has 2 unspecified atom stereocenters. The van der Waals surface area contributed by atoms with Crippen LogP contribution >= 0.6 is 0 Å². The second-order valence-corrected chi connectivity index (χ2v) is 7.96. The number of fused-ring (bicyclic) bond motifs is 2. The maximum atomic E-state index is 6.09. The number of rotatable bonds is 6. The number of benzene rings is 2. The van der Waals surface area contributed by atoms with Crippen LogP contribution in [0.1, 0.15) is 59.8 Å². The standard InChI is InChI=1S/C24H25N5/c25-22-15-21(23-24(26-22)28-29-27-23)20(16-7-2-1-3-8-16)12-6-10-18-14-13-17-9-4-5-11-19(17)18/h1-5,7-9,11,15,18,20H,6,10,12-14H2,(H3,25,26,27,28,29). The molecule has 5 rings (SSSR count). The van der Waals surface area contributed by atoms with E-state index in [-0.39, 0.29) is 5.92 Å². The normalized spacial score (nSPS) is 16.8. The molecule has 2 heterocycles. The van der Waals surface area contributed by atoms with Crippen molar-refractivity contribution in [2.75, 3.05) is 5.73 Å². The lowest BCUT2D eigenvalue weighted by Crippen LogP contribution is -2.06. The Morgan fingerprint density at radius 2 is 1.86 bits per heavy atom. The Kier molecular flexibility index (Phi) is 4.72. The van der Waals surface area contributed by atoms with Crippen molar-refractivity contribution < 1.29 is 0 Å². The molecule has 0 aliphatic heterocycles. The van der Waals surface area contributed by atoms with Gasteiger partial charge < -0.3 is 5.73 Å². The number of nitrogens with zero attached hydrogens (tertiary/aromatic N) is 3. The van der Waals surface area contributed by atoms with Crippen LogP contribution in [0.2, 0.25) is 0 Å². The molecule has 29 heavy (non-hydrogen) atoms. The first-order valence-electron chi connectivity index (χ1n) is 10.4. The van der Waals surface area contributed by atoms with Crippen LogP contribution < -0.4 is 5.73 Å². The van der Waals surface area contributed by atoms with Gasteiger partial charge in [-0.15, -0.1) is 5.10 Å². The molecule has 1 aliphatic rings. The zero-order valence-corrected chi connectivity index (χ0v) is 16.4. The van der Waals surface area contributed by atoms with Crippen molar-refractivity contribution in [3.05, 3.63) is 82.9 Å². The van der Waals surface area contributed by atoms with Crippen molar-refractivity contribution in [2.45, 2.75) is 43.9 Å². The zero-order valence-electron chi connectivity index (χ0n) is 16.4. The van der Waals surface area contributed by atoms with Crippen LogP contribution in [0.25, 0.3) is 11.2 Å². The van der Waals surface area contributed by atoms with Crippen LogP contribution in [-0.4, -0.2) is 20.4 Å². The first-order chi connectivity index (χ1) is 14.3. The molecule has 4 aromatic rings. The van der Waals surface area contributed by atoms with Crippen molar-refractivity contribution in [3.8, 4) is 0 Å². The Morgan fingerprint density at radius 3 is 2.76 bits per heavy atom. The van der Waals surface area contributed by atoms with Crippen molar-refractivity contribution >= 4 is 17.0 Å². The molecule has 0 saturated heterocycles. The van der Waals surface area contributed by atoms with Crippen LogP contribution in [-0.2, 0) is 6.42 Å². The maximum Gasteiger partial charge on any atom is 0.203 e. The summed E-state index contributed by atoms with van der Waals surface area (Å²) in [4.78, 5) is 4.31. The fourth-order valence-electron chi connectivity index (χ4n) is 4.85. The van der Waals surface area contributed by atoms with Crippen LogP contribution in [0.3, 0.4) is 0 Å². The minimum absolute atomic E-state index is 0.228. The summed E-state index contributed by atoms with van der Waals surface area (Å²) < 4.78 is 0. The van der Waals surface area contributed by atoms with E-state index in [2.05, 4.69) is 75.0 Å². The van der Waals surface area contributed by atoms with Gasteiger partial charge in [0.15, 0.2) is 0 Å². The van der Waals surface area contributed by atoms with Crippen LogP contribution in [0.5, 0.6) is 0 Å². The van der Waals surface area contributed by atoms with E-state index in [1.54, 1.807) is 5.56 Å². The second kappa shape index (κ2) is 7.66. The average molecular weight is 383 g/mol. The van der Waals surface area contributed by atoms with E-state index in [1.807, 2.05) is 6.07 Å². The fraction of sp³-hybridized carbons (Fsp3) is 0.292. The molecule has 0 saturated carbocycles. The van der Waals surface area contributed by atoms with Gasteiger partial charge in [-0.05, 0) is 59.9 Å². The highest BCUT2D eigenvalue weighted by Crippen LogP contribution is 2.39. The summed E-state index contributed by atoms with van der Waals surface area (Å²) in [6, 6.07) is 21.5. The molecule has 2 atom stereocenters. The molecule has 2 aromatic carbocycles. The number of hydrogen-bond acceptors (Lipinski definition) is 4. The van der Waals surface area contributed by atoms with E-state index in [1.165, 1.54) is 30.4 Å². The number of aromatic nitrogens is 4. The number of aromatic amines is 1. The lowest BCUT2D eigenvalue weighted by molar-refractivity contribution is 0.547. The molecule has 5 heteroatoms. The largest absolute Gasteiger partial charge is 0.384 e. The van der Waals surface area contributed by atoms with Gasteiger partial charge in [0.2, 0.25) is 5.65 Å². The van der Waals surface area contributed by atoms with Gasteiger partial charge in [0.05, 0.1) is 0 Å². The highest BCUT2D eigenvalue weighted by atomic mass is 15.3. The molecule has 1 aliphatic carbocycles. The molecular weight excluding hydrogens is 358 g/mol. The molecule has 146 valence electrons. The molecule has 0 fully saturated rings. The first-order valence-corrected chi connectivity index (χ1v) is 10.4. The first kappa shape index (κ1) is 17.9. The molecule has 3 N–H and O–H groups in total. The number of anilines is 1. The van der Waals surface area contributed by atoms with Crippen molar-refractivity contribution in [2.24, 2.45) is 0 Å². The van der Waals surface area contributed by atoms with Crippen LogP contribution in [0.4, 0.5) is 5.82 Å². The van der Waals surface area contributed by atoms with Gasteiger partial charge >= 0.3 is 0 Å². The summed E-state index contributed by atoms with van der Waals surface area (Å²) in [7, 11) is 0. The van der Waals surface area contributed by atoms with Crippen LogP contribution in [0, 0.1) is 0 Å². The lowest BCUT2D eigenvalue weighted by atomic mass is 9.85. The molecule has 0 bridgehead atoms. The third-order valence-electron chi connectivity index (χ3n) is 6.22. The fourth-order valence-corrected chi connectivity index (χ4v) is 4.85. The number of hydrogen-bond donors (Lipinski definition) is 2. The van der Waals surface area contributed by atoms with Gasteiger partial charge in [-0.3, -0.25) is 0 Å². The highest BCUT2D eigenvalue weighted by molar-refractivity contribution is 5.77. The molecule has 0 amide bonds. The van der Waals surface area contributed by atoms with Crippen molar-refractivity contribution in [3.63, 3.8) is 0 Å². The predicted octanol–water partition coefficient (Wildman–Crippen LogP) is 4.97. The Labute approximate surface area is 170 Å². The van der Waals surface area contributed by atoms with Crippen molar-refractivity contribution in [1.29, 1.82) is 0 Å². The van der Waals surface area contributed by atoms with E-state index in [9.17, 15) is 0 Å². The van der Waals surface area contributed by atoms with E-state index in [0.717, 1.165) is 23.9 Å². The molecule has 0 spiro atoms. The quantitative estimate of drug-likeness (QED) is 0.493. The second-order valence-electron chi connectivity index (χ2n) is 7.96. The summed E-state index contributed by atoms with van der Waals surface area (Å²) in [5.74, 6) is 1.40. The third kappa shape index (κ3) is 3.48. The van der Waals surface area contributed by atoms with Gasteiger partial charge in [0.25, 0.3) is 0 Å². The topological polar surface area (TPSA) is 80.5 Å². The number of H-pyrrole nitrogens is 1. The number of aryl methyl sites for hydroxylation is 1. The predicted molar refractivity (Wildman–Crippen MR) is 116 cm³/mol. The smallest absolute Gasteiger partial charge is 0.203 e. The summed E-state index contributed by atoms with van der Waals surface area (Å²) in [5, 5.41) is 11.2. The summed E-state index contributed by atoms with van der Waals surface area (Å²) in [5.41, 5.74) is 13.0. The summed E-state index contributed by atoms with van der Waals surface area (Å²) >= 11 is 0. The Morgan fingerprint density at radius 1 is 1.03 bits per heavy atom. The van der Waals surface area contributed by atoms with Gasteiger partial charge in [0.1, 0.15) is 11.3 Å². The average Bonchev–Trinajstić information content (AvgIpc) is 3.38. The molecule has 2 aromatic heterocycles. The third-order valence-corrected chi connectivity index (χ3v) is 6.22. The van der Waals surface area contributed by atoms with Gasteiger partial charge in [-0.25, -0.2) is 4.98 Å². The van der Waals surface area contributed by atoms with E-state index < -0.39 is 0 Å². The molecule has 5 nitrogen and oxygen atoms in total. The van der Waals surface area contributed by atoms with E-state index in [4.69, 9.17) is 5.73 Å². The van der Waals surface area contributed by atoms with E-state index in [0.29, 0.717) is 17.4 Å². The minimum atomic E-state index is 0.228. The zero-order chi connectivity index (χ0) is 19.6. The van der Waals surface area contributed by atoms with Crippen LogP contribution in [0.15, 0.2) is 60.7 Å². The maximum absolute atomic E-state index is 6.09. The molecular formula is C24H25N5. The van der Waals surface area contributed by atoms with Gasteiger partial charge in [-0.1, -0.05) is 61.0 Å². The van der Waals surface area contributed by atoms with Gasteiger partial charge in [0, 0.05) is 5.92 Å². The summed E-state index contributed by atoms with van der Waals surface area (Å²) in [6.07, 6.45) is 5.89. The SMILES string of the molecule is Nc1cc(C(CCCC2CCc3ccccc32)c2ccccc2)c2n[nH]nc2n1. The number of nitrogens with two attached hydrogens (primary N) is 1. The highest BCUT2D eigenvalue weighted by Gasteiger charge is 2.24. The Balaban J connectivity index is 1.41. The number of nitrogen functional groups attached to an aromatic ring is 1. The van der Waals surface area contributed by atoms with Crippen molar-refractivity contribution in [1.82, 2.24) is 20.4 Å². The monoisotopic (exact) mass is 383 g/mol.